The molecule has 1 saturated heterocycles. The zero-order valence-corrected chi connectivity index (χ0v) is 20.7. The highest BCUT2D eigenvalue weighted by Gasteiger charge is 2.54. The van der Waals surface area contributed by atoms with Crippen molar-refractivity contribution in [1.82, 2.24) is 10.2 Å². The summed E-state index contributed by atoms with van der Waals surface area (Å²) >= 11 is 0. The largest absolute Gasteiger partial charge is 0.484 e. The van der Waals surface area contributed by atoms with E-state index >= 15 is 0 Å². The van der Waals surface area contributed by atoms with Crippen LogP contribution in [0, 0.1) is 29.1 Å². The van der Waals surface area contributed by atoms with Gasteiger partial charge in [0.15, 0.2) is 6.61 Å². The highest BCUT2D eigenvalue weighted by Crippen LogP contribution is 2.55. The summed E-state index contributed by atoms with van der Waals surface area (Å²) in [5, 5.41) is 14.8. The lowest BCUT2D eigenvalue weighted by Crippen LogP contribution is -2.59. The number of nitrogens with zero attached hydrogens (tertiary/aromatic N) is 1. The lowest BCUT2D eigenvalue weighted by Gasteiger charge is -2.56. The van der Waals surface area contributed by atoms with Crippen molar-refractivity contribution in [2.75, 3.05) is 32.9 Å². The van der Waals surface area contributed by atoms with Gasteiger partial charge in [0.05, 0.1) is 19.3 Å². The van der Waals surface area contributed by atoms with Gasteiger partial charge in [-0.3, -0.25) is 9.59 Å². The van der Waals surface area contributed by atoms with Crippen LogP contribution >= 0.6 is 0 Å². The summed E-state index contributed by atoms with van der Waals surface area (Å²) < 4.78 is 11.0. The number of hydrogen-bond donors (Lipinski definition) is 2. The minimum absolute atomic E-state index is 0.0106. The number of benzene rings is 1. The van der Waals surface area contributed by atoms with Crippen molar-refractivity contribution in [1.29, 1.82) is 0 Å². The second-order valence-corrected chi connectivity index (χ2v) is 10.8. The third-order valence-corrected chi connectivity index (χ3v) is 8.70. The Bertz CT molecular complexity index is 843. The van der Waals surface area contributed by atoms with E-state index in [1.807, 2.05) is 42.2 Å². The average Bonchev–Trinajstić information content (AvgIpc) is 2.85. The van der Waals surface area contributed by atoms with Crippen molar-refractivity contribution >= 4 is 11.8 Å². The number of para-hydroxylation sites is 1. The zero-order valence-electron chi connectivity index (χ0n) is 20.7. The first kappa shape index (κ1) is 25.0. The number of nitrogens with one attached hydrogen (secondary N) is 1. The van der Waals surface area contributed by atoms with Crippen LogP contribution in [0.15, 0.2) is 30.3 Å². The Morgan fingerprint density at radius 1 is 1.21 bits per heavy atom. The second-order valence-electron chi connectivity index (χ2n) is 10.8. The molecule has 0 bridgehead atoms. The molecule has 1 aliphatic heterocycles. The fourth-order valence-corrected chi connectivity index (χ4v) is 6.67. The molecule has 2 aliphatic carbocycles. The number of fused-ring (bicyclic) bond motifs is 1. The molecule has 3 aliphatic rings. The maximum atomic E-state index is 13.2. The molecular formula is C27H40N2O5. The van der Waals surface area contributed by atoms with Crippen LogP contribution in [-0.4, -0.2) is 66.9 Å². The molecule has 7 heteroatoms. The molecule has 188 valence electrons. The molecular weight excluding hydrogens is 432 g/mol. The predicted molar refractivity (Wildman–Crippen MR) is 129 cm³/mol. The van der Waals surface area contributed by atoms with E-state index in [4.69, 9.17) is 9.47 Å². The Morgan fingerprint density at radius 3 is 2.59 bits per heavy atom. The number of rotatable bonds is 6. The second kappa shape index (κ2) is 10.6. The van der Waals surface area contributed by atoms with Gasteiger partial charge in [-0.25, -0.2) is 0 Å². The van der Waals surface area contributed by atoms with Crippen molar-refractivity contribution in [3.8, 4) is 5.75 Å². The first-order valence-electron chi connectivity index (χ1n) is 12.8. The summed E-state index contributed by atoms with van der Waals surface area (Å²) in [6, 6.07) is 9.32. The molecule has 1 unspecified atom stereocenters. The molecule has 1 heterocycles. The molecule has 3 fully saturated rings. The average molecular weight is 473 g/mol. The molecule has 0 spiro atoms. The quantitative estimate of drug-likeness (QED) is 0.665. The highest BCUT2D eigenvalue weighted by molar-refractivity contribution is 5.79. The van der Waals surface area contributed by atoms with Crippen molar-refractivity contribution in [3.05, 3.63) is 30.3 Å². The van der Waals surface area contributed by atoms with E-state index in [0.717, 1.165) is 25.7 Å². The molecule has 0 aromatic heterocycles. The van der Waals surface area contributed by atoms with Crippen molar-refractivity contribution in [2.24, 2.45) is 29.1 Å². The van der Waals surface area contributed by atoms with Crippen LogP contribution in [0.25, 0.3) is 0 Å². The van der Waals surface area contributed by atoms with Gasteiger partial charge in [0.25, 0.3) is 5.91 Å². The van der Waals surface area contributed by atoms with Crippen LogP contribution in [0.2, 0.25) is 0 Å². The summed E-state index contributed by atoms with van der Waals surface area (Å²) in [6.45, 7) is 8.79. The third kappa shape index (κ3) is 5.25. The molecule has 1 aromatic rings. The minimum atomic E-state index is -0.561. The van der Waals surface area contributed by atoms with Crippen LogP contribution in [0.4, 0.5) is 0 Å². The van der Waals surface area contributed by atoms with E-state index in [9.17, 15) is 14.7 Å². The summed E-state index contributed by atoms with van der Waals surface area (Å²) in [7, 11) is 0. The van der Waals surface area contributed by atoms with Gasteiger partial charge in [-0.1, -0.05) is 39.0 Å². The summed E-state index contributed by atoms with van der Waals surface area (Å²) in [5.41, 5.74) is 0.0266. The van der Waals surface area contributed by atoms with E-state index in [1.54, 1.807) is 0 Å². The molecule has 34 heavy (non-hydrogen) atoms. The monoisotopic (exact) mass is 472 g/mol. The summed E-state index contributed by atoms with van der Waals surface area (Å²) in [5.74, 6) is 0.532. The van der Waals surface area contributed by atoms with Gasteiger partial charge in [-0.05, 0) is 61.0 Å². The fourth-order valence-electron chi connectivity index (χ4n) is 6.67. The van der Waals surface area contributed by atoms with Crippen molar-refractivity contribution in [3.63, 3.8) is 0 Å². The molecule has 7 atom stereocenters. The number of ether oxygens (including phenoxy) is 2. The Balaban J connectivity index is 1.39. The molecule has 7 nitrogen and oxygen atoms in total. The SMILES string of the molecule is C[C@H]1[C@@H]2[C@@H](O)C([C@H](C)C(=O)N3CCOCC3)CC[C@@]2(C)CC[C@@H]1NC(=O)COc1ccccc1. The normalized spacial score (nSPS) is 34.6. The summed E-state index contributed by atoms with van der Waals surface area (Å²) in [6.07, 6.45) is 3.16. The minimum Gasteiger partial charge on any atom is -0.484 e. The van der Waals surface area contributed by atoms with Crippen LogP contribution in [0.3, 0.4) is 0 Å². The predicted octanol–water partition coefficient (Wildman–Crippen LogP) is 2.87. The van der Waals surface area contributed by atoms with Crippen molar-refractivity contribution in [2.45, 2.75) is 58.6 Å². The van der Waals surface area contributed by atoms with Crippen LogP contribution in [0.1, 0.15) is 46.5 Å². The van der Waals surface area contributed by atoms with Gasteiger partial charge < -0.3 is 24.8 Å². The van der Waals surface area contributed by atoms with E-state index in [2.05, 4.69) is 19.2 Å². The number of aliphatic hydroxyl groups is 1. The number of amides is 2. The topological polar surface area (TPSA) is 88.1 Å². The van der Waals surface area contributed by atoms with E-state index in [1.165, 1.54) is 0 Å². The molecule has 1 aromatic carbocycles. The molecule has 2 saturated carbocycles. The standard InChI is InChI=1S/C27H40N2O5/c1-18(26(32)29-13-15-33-16-14-29)21-9-11-27(3)12-10-22(19(2)24(27)25(21)31)28-23(30)17-34-20-7-5-4-6-8-20/h4-8,18-19,21-22,24-25,31H,9-17H2,1-3H3,(H,28,30)/t18-,19+,21?,22-,24+,25-,27-/m0/s1. The van der Waals surface area contributed by atoms with Gasteiger partial charge >= 0.3 is 0 Å². The molecule has 2 amide bonds. The number of hydrogen-bond acceptors (Lipinski definition) is 5. The van der Waals surface area contributed by atoms with Crippen LogP contribution in [-0.2, 0) is 14.3 Å². The van der Waals surface area contributed by atoms with Gasteiger partial charge in [0.1, 0.15) is 5.75 Å². The van der Waals surface area contributed by atoms with E-state index in [-0.39, 0.29) is 53.5 Å². The Hall–Kier alpha value is -2.12. The first-order chi connectivity index (χ1) is 16.3. The molecule has 2 N–H and O–H groups in total. The van der Waals surface area contributed by atoms with Crippen LogP contribution in [0.5, 0.6) is 5.75 Å². The maximum Gasteiger partial charge on any atom is 0.258 e. The lowest BCUT2D eigenvalue weighted by atomic mass is 9.51. The van der Waals surface area contributed by atoms with Gasteiger partial charge in [0.2, 0.25) is 5.91 Å². The van der Waals surface area contributed by atoms with E-state index in [0.29, 0.717) is 32.1 Å². The third-order valence-electron chi connectivity index (χ3n) is 8.70. The first-order valence-corrected chi connectivity index (χ1v) is 12.8. The number of carbonyl (C=O) groups is 2. The Kier molecular flexibility index (Phi) is 7.83. The molecule has 4 rings (SSSR count). The Morgan fingerprint density at radius 2 is 1.88 bits per heavy atom. The summed E-state index contributed by atoms with van der Waals surface area (Å²) in [4.78, 5) is 27.7. The number of aliphatic hydroxyl groups excluding tert-OH is 1. The number of carbonyl (C=O) groups excluding carboxylic acids is 2. The smallest absolute Gasteiger partial charge is 0.258 e. The number of morpholine rings is 1. The lowest BCUT2D eigenvalue weighted by molar-refractivity contribution is -0.154. The maximum absolute atomic E-state index is 13.2. The highest BCUT2D eigenvalue weighted by atomic mass is 16.5. The Labute approximate surface area is 203 Å². The van der Waals surface area contributed by atoms with Gasteiger partial charge in [-0.15, -0.1) is 0 Å². The van der Waals surface area contributed by atoms with Gasteiger partial charge in [-0.2, -0.15) is 0 Å². The zero-order chi connectivity index (χ0) is 24.3. The van der Waals surface area contributed by atoms with Gasteiger partial charge in [0, 0.05) is 25.0 Å². The van der Waals surface area contributed by atoms with Crippen molar-refractivity contribution < 1.29 is 24.2 Å². The van der Waals surface area contributed by atoms with Crippen LogP contribution < -0.4 is 10.1 Å². The van der Waals surface area contributed by atoms with E-state index < -0.39 is 6.10 Å². The molecule has 0 radical (unpaired) electrons. The fraction of sp³-hybridized carbons (Fsp3) is 0.704.